The Balaban J connectivity index is 2.38. The molecule has 0 fully saturated rings. The van der Waals surface area contributed by atoms with Crippen LogP contribution in [0.5, 0.6) is 0 Å². The van der Waals surface area contributed by atoms with Gasteiger partial charge in [0.25, 0.3) is 10.0 Å². The molecule has 104 valence electrons. The Morgan fingerprint density at radius 3 is 2.55 bits per heavy atom. The van der Waals surface area contributed by atoms with Crippen molar-refractivity contribution in [2.45, 2.75) is 18.7 Å². The molecule has 0 saturated heterocycles. The standard InChI is InChI=1S/C14H15N3O2S/c1-4-9-17-12(3)10-15-14(17)16-20(18,19)13-7-5-11(2)6-8-13/h5-10H,1H2,2-3H3,(H,15,16). The van der Waals surface area contributed by atoms with E-state index in [-0.39, 0.29) is 10.8 Å². The van der Waals surface area contributed by atoms with Gasteiger partial charge in [0.2, 0.25) is 5.95 Å². The average molecular weight is 289 g/mol. The summed E-state index contributed by atoms with van der Waals surface area (Å²) in [7, 11) is -3.66. The summed E-state index contributed by atoms with van der Waals surface area (Å²) in [6.45, 7) is 7.18. The maximum atomic E-state index is 12.3. The topological polar surface area (TPSA) is 64.0 Å². The first-order valence-corrected chi connectivity index (χ1v) is 7.41. The van der Waals surface area contributed by atoms with Gasteiger partial charge in [-0.1, -0.05) is 24.3 Å². The van der Waals surface area contributed by atoms with Crippen molar-refractivity contribution >= 4 is 22.2 Å². The van der Waals surface area contributed by atoms with Crippen LogP contribution in [0.2, 0.25) is 0 Å². The summed E-state index contributed by atoms with van der Waals surface area (Å²) in [4.78, 5) is 4.23. The van der Waals surface area contributed by atoms with Crippen molar-refractivity contribution in [3.05, 3.63) is 54.0 Å². The lowest BCUT2D eigenvalue weighted by Crippen LogP contribution is -2.15. The zero-order chi connectivity index (χ0) is 14.8. The molecule has 0 bridgehead atoms. The Morgan fingerprint density at radius 1 is 1.30 bits per heavy atom. The molecule has 2 rings (SSSR count). The van der Waals surface area contributed by atoms with Crippen LogP contribution in [0.15, 0.2) is 47.7 Å². The van der Waals surface area contributed by atoms with E-state index in [1.807, 2.05) is 13.8 Å². The average Bonchev–Trinajstić information content (AvgIpc) is 2.72. The van der Waals surface area contributed by atoms with Gasteiger partial charge in [-0.2, -0.15) is 0 Å². The van der Waals surface area contributed by atoms with Gasteiger partial charge < -0.3 is 0 Å². The molecule has 5 nitrogen and oxygen atoms in total. The molecule has 1 heterocycles. The second-order valence-corrected chi connectivity index (χ2v) is 6.03. The smallest absolute Gasteiger partial charge is 0.264 e. The molecule has 1 aromatic heterocycles. The predicted octanol–water partition coefficient (Wildman–Crippen LogP) is 2.56. The number of sulfonamides is 1. The Labute approximate surface area is 118 Å². The lowest BCUT2D eigenvalue weighted by atomic mass is 10.2. The third-order valence-corrected chi connectivity index (χ3v) is 4.10. The van der Waals surface area contributed by atoms with Gasteiger partial charge in [-0.25, -0.2) is 18.1 Å². The number of aryl methyl sites for hydroxylation is 2. The van der Waals surface area contributed by atoms with Crippen LogP contribution in [0, 0.1) is 13.8 Å². The molecule has 1 N–H and O–H groups in total. The van der Waals surface area contributed by atoms with Gasteiger partial charge in [0.1, 0.15) is 0 Å². The quantitative estimate of drug-likeness (QED) is 0.880. The first-order chi connectivity index (χ1) is 9.44. The number of hydrogen-bond acceptors (Lipinski definition) is 3. The van der Waals surface area contributed by atoms with E-state index in [9.17, 15) is 8.42 Å². The summed E-state index contributed by atoms with van der Waals surface area (Å²) in [5, 5.41) is 0. The molecular weight excluding hydrogens is 274 g/mol. The molecule has 6 heteroatoms. The third-order valence-electron chi connectivity index (χ3n) is 2.76. The summed E-state index contributed by atoms with van der Waals surface area (Å²) in [5.41, 5.74) is 4.37. The van der Waals surface area contributed by atoms with Gasteiger partial charge in [0.15, 0.2) is 0 Å². The number of anilines is 1. The van der Waals surface area contributed by atoms with Crippen LogP contribution in [-0.4, -0.2) is 18.0 Å². The fourth-order valence-corrected chi connectivity index (χ4v) is 2.68. The maximum Gasteiger partial charge on any atom is 0.264 e. The highest BCUT2D eigenvalue weighted by Crippen LogP contribution is 2.17. The summed E-state index contributed by atoms with van der Waals surface area (Å²) >= 11 is 0. The van der Waals surface area contributed by atoms with E-state index in [2.05, 4.69) is 22.0 Å². The SMILES string of the molecule is C=C=Cn1c(C)cnc1NS(=O)(=O)c1ccc(C)cc1. The minimum Gasteiger partial charge on any atom is -0.282 e. The lowest BCUT2D eigenvalue weighted by Gasteiger charge is -2.08. The Bertz CT molecular complexity index is 767. The number of imidazole rings is 1. The van der Waals surface area contributed by atoms with Crippen molar-refractivity contribution in [1.29, 1.82) is 0 Å². The van der Waals surface area contributed by atoms with Gasteiger partial charge in [-0.15, -0.1) is 5.73 Å². The van der Waals surface area contributed by atoms with E-state index in [1.165, 1.54) is 6.20 Å². The van der Waals surface area contributed by atoms with Crippen LogP contribution in [0.1, 0.15) is 11.3 Å². The number of nitrogens with one attached hydrogen (secondary N) is 1. The van der Waals surface area contributed by atoms with E-state index in [0.29, 0.717) is 0 Å². The Kier molecular flexibility index (Phi) is 3.79. The molecule has 20 heavy (non-hydrogen) atoms. The molecule has 0 aliphatic carbocycles. The van der Waals surface area contributed by atoms with Crippen LogP contribution in [0.4, 0.5) is 5.95 Å². The number of benzene rings is 1. The molecule has 0 saturated carbocycles. The largest absolute Gasteiger partial charge is 0.282 e. The third kappa shape index (κ3) is 2.82. The Hall–Kier alpha value is -2.30. The van der Waals surface area contributed by atoms with Crippen molar-refractivity contribution in [2.24, 2.45) is 0 Å². The highest BCUT2D eigenvalue weighted by atomic mass is 32.2. The van der Waals surface area contributed by atoms with Gasteiger partial charge in [0, 0.05) is 5.69 Å². The van der Waals surface area contributed by atoms with Crippen molar-refractivity contribution in [2.75, 3.05) is 4.72 Å². The first-order valence-electron chi connectivity index (χ1n) is 5.93. The number of hydrogen-bond donors (Lipinski definition) is 1. The minimum atomic E-state index is -3.66. The minimum absolute atomic E-state index is 0.192. The fourth-order valence-electron chi connectivity index (χ4n) is 1.67. The van der Waals surface area contributed by atoms with Gasteiger partial charge in [-0.05, 0) is 26.0 Å². The van der Waals surface area contributed by atoms with Crippen LogP contribution in [-0.2, 0) is 10.0 Å². The highest BCUT2D eigenvalue weighted by Gasteiger charge is 2.17. The second-order valence-electron chi connectivity index (χ2n) is 4.34. The summed E-state index contributed by atoms with van der Waals surface area (Å²) in [6.07, 6.45) is 3.09. The Morgan fingerprint density at radius 2 is 1.95 bits per heavy atom. The van der Waals surface area contributed by atoms with Crippen molar-refractivity contribution in [3.8, 4) is 0 Å². The van der Waals surface area contributed by atoms with E-state index < -0.39 is 10.0 Å². The van der Waals surface area contributed by atoms with E-state index in [0.717, 1.165) is 11.3 Å². The van der Waals surface area contributed by atoms with Gasteiger partial charge in [0.05, 0.1) is 17.3 Å². The molecule has 1 aromatic carbocycles. The van der Waals surface area contributed by atoms with E-state index in [4.69, 9.17) is 0 Å². The molecule has 2 aromatic rings. The molecule has 0 radical (unpaired) electrons. The number of nitrogens with zero attached hydrogens (tertiary/aromatic N) is 2. The summed E-state index contributed by atoms with van der Waals surface area (Å²) in [5.74, 6) is 0.208. The molecule has 0 atom stereocenters. The van der Waals surface area contributed by atoms with Gasteiger partial charge >= 0.3 is 0 Å². The number of aromatic nitrogens is 2. The maximum absolute atomic E-state index is 12.3. The molecule has 0 aliphatic heterocycles. The van der Waals surface area contributed by atoms with Gasteiger partial charge in [-0.3, -0.25) is 4.57 Å². The summed E-state index contributed by atoms with van der Waals surface area (Å²) < 4.78 is 28.6. The van der Waals surface area contributed by atoms with Crippen LogP contribution < -0.4 is 4.72 Å². The normalized spacial score (nSPS) is 10.9. The second kappa shape index (κ2) is 5.36. The molecular formula is C14H15N3O2S. The molecule has 0 aliphatic rings. The lowest BCUT2D eigenvalue weighted by molar-refractivity contribution is 0.600. The summed E-state index contributed by atoms with van der Waals surface area (Å²) in [6, 6.07) is 6.61. The number of rotatable bonds is 4. The molecule has 0 spiro atoms. The van der Waals surface area contributed by atoms with E-state index in [1.54, 1.807) is 35.0 Å². The zero-order valence-electron chi connectivity index (χ0n) is 11.3. The predicted molar refractivity (Wildman–Crippen MR) is 78.9 cm³/mol. The van der Waals surface area contributed by atoms with Crippen LogP contribution in [0.3, 0.4) is 0 Å². The van der Waals surface area contributed by atoms with Crippen molar-refractivity contribution in [1.82, 2.24) is 9.55 Å². The van der Waals surface area contributed by atoms with E-state index >= 15 is 0 Å². The molecule has 0 amide bonds. The fraction of sp³-hybridized carbons (Fsp3) is 0.143. The van der Waals surface area contributed by atoms with Crippen molar-refractivity contribution < 1.29 is 8.42 Å². The first kappa shape index (κ1) is 14.1. The highest BCUT2D eigenvalue weighted by molar-refractivity contribution is 7.92. The van der Waals surface area contributed by atoms with Crippen LogP contribution in [0.25, 0.3) is 6.20 Å². The zero-order valence-corrected chi connectivity index (χ0v) is 12.1. The monoisotopic (exact) mass is 289 g/mol. The van der Waals surface area contributed by atoms with Crippen LogP contribution >= 0.6 is 0 Å². The molecule has 0 unspecified atom stereocenters. The van der Waals surface area contributed by atoms with Crippen molar-refractivity contribution in [3.63, 3.8) is 0 Å².